The van der Waals surface area contributed by atoms with E-state index in [9.17, 15) is 19.6 Å². The van der Waals surface area contributed by atoms with Gasteiger partial charge in [0.15, 0.2) is 22.7 Å². The van der Waals surface area contributed by atoms with Crippen LogP contribution >= 0.6 is 23.2 Å². The van der Waals surface area contributed by atoms with Crippen LogP contribution in [0.4, 0.5) is 5.69 Å². The van der Waals surface area contributed by atoms with Crippen molar-refractivity contribution >= 4 is 52.0 Å². The fourth-order valence-electron chi connectivity index (χ4n) is 4.58. The zero-order valence-corrected chi connectivity index (χ0v) is 26.1. The number of aryl methyl sites for hydroxylation is 2. The second-order valence-corrected chi connectivity index (χ2v) is 10.9. The molecule has 5 rings (SSSR count). The Morgan fingerprint density at radius 3 is 2.42 bits per heavy atom. The summed E-state index contributed by atoms with van der Waals surface area (Å²) in [7, 11) is 4.31. The molecule has 0 aliphatic carbocycles. The van der Waals surface area contributed by atoms with Gasteiger partial charge in [-0.15, -0.1) is 0 Å². The van der Waals surface area contributed by atoms with E-state index in [1.165, 1.54) is 36.4 Å². The van der Waals surface area contributed by atoms with Gasteiger partial charge in [0, 0.05) is 29.8 Å². The van der Waals surface area contributed by atoms with Crippen molar-refractivity contribution in [2.75, 3.05) is 12.4 Å². The largest absolute Gasteiger partial charge is 0.493 e. The Labute approximate surface area is 267 Å². The van der Waals surface area contributed by atoms with E-state index in [-0.39, 0.29) is 40.8 Å². The standard InChI is InChI=1S/C32H26Cl2N6O5/c1-18-5-10-23(11-6-18)36-29(41)21(16-35)13-19-7-12-25(26(14-19)44-4)45-31-37-28-27(30(42)39(3)32(43)38(28)2)40(31)17-20-8-9-22(33)15-24(20)34/h5-15H,17H2,1-4H3,(H,36,41)/b21-13-. The van der Waals surface area contributed by atoms with Gasteiger partial charge in [-0.2, -0.15) is 10.2 Å². The number of ether oxygens (including phenoxy) is 2. The van der Waals surface area contributed by atoms with Crippen molar-refractivity contribution in [2.24, 2.45) is 14.1 Å². The van der Waals surface area contributed by atoms with E-state index in [1.54, 1.807) is 48.5 Å². The van der Waals surface area contributed by atoms with Gasteiger partial charge in [0.25, 0.3) is 11.5 Å². The lowest BCUT2D eigenvalue weighted by Gasteiger charge is -2.13. The summed E-state index contributed by atoms with van der Waals surface area (Å²) < 4.78 is 15.5. The normalized spacial score (nSPS) is 11.4. The Kier molecular flexibility index (Phi) is 8.81. The number of anilines is 1. The Balaban J connectivity index is 1.54. The Hall–Kier alpha value is -5.31. The molecule has 0 atom stereocenters. The van der Waals surface area contributed by atoms with Crippen molar-refractivity contribution in [3.63, 3.8) is 0 Å². The number of amides is 1. The van der Waals surface area contributed by atoms with Crippen molar-refractivity contribution in [3.8, 4) is 23.6 Å². The monoisotopic (exact) mass is 644 g/mol. The lowest BCUT2D eigenvalue weighted by atomic mass is 10.1. The topological polar surface area (TPSA) is 133 Å². The van der Waals surface area contributed by atoms with Crippen molar-refractivity contribution in [3.05, 3.63) is 114 Å². The summed E-state index contributed by atoms with van der Waals surface area (Å²) >= 11 is 12.5. The van der Waals surface area contributed by atoms with Crippen molar-refractivity contribution < 1.29 is 14.3 Å². The molecule has 13 heteroatoms. The molecule has 0 saturated heterocycles. The molecular formula is C32H26Cl2N6O5. The minimum absolute atomic E-state index is 0.00824. The molecule has 3 aromatic carbocycles. The van der Waals surface area contributed by atoms with Crippen molar-refractivity contribution in [2.45, 2.75) is 13.5 Å². The van der Waals surface area contributed by atoms with Crippen LogP contribution in [0.5, 0.6) is 17.5 Å². The average molecular weight is 646 g/mol. The summed E-state index contributed by atoms with van der Waals surface area (Å²) in [5, 5.41) is 13.2. The van der Waals surface area contributed by atoms with E-state index in [0.29, 0.717) is 26.9 Å². The highest BCUT2D eigenvalue weighted by Crippen LogP contribution is 2.34. The van der Waals surface area contributed by atoms with E-state index in [1.807, 2.05) is 25.1 Å². The predicted octanol–water partition coefficient (Wildman–Crippen LogP) is 5.44. The number of nitrogens with one attached hydrogen (secondary N) is 1. The number of nitrogens with zero attached hydrogens (tertiary/aromatic N) is 5. The number of imidazole rings is 1. The third-order valence-corrected chi connectivity index (χ3v) is 7.62. The summed E-state index contributed by atoms with van der Waals surface area (Å²) in [5.41, 5.74) is 1.70. The predicted molar refractivity (Wildman–Crippen MR) is 172 cm³/mol. The maximum atomic E-state index is 13.3. The van der Waals surface area contributed by atoms with Crippen molar-refractivity contribution in [1.29, 1.82) is 5.26 Å². The molecule has 0 radical (unpaired) electrons. The molecule has 0 bridgehead atoms. The molecule has 0 aliphatic rings. The summed E-state index contributed by atoms with van der Waals surface area (Å²) in [6.07, 6.45) is 1.42. The average Bonchev–Trinajstić information content (AvgIpc) is 3.38. The summed E-state index contributed by atoms with van der Waals surface area (Å²) in [6.45, 7) is 2.00. The SMILES string of the molecule is COc1cc(/C=C(/C#N)C(=O)Nc2ccc(C)cc2)ccc1Oc1nc2c(c(=O)n(C)c(=O)n2C)n1Cc1ccc(Cl)cc1Cl. The van der Waals surface area contributed by atoms with Crippen molar-refractivity contribution in [1.82, 2.24) is 18.7 Å². The summed E-state index contributed by atoms with van der Waals surface area (Å²) in [4.78, 5) is 43.2. The molecule has 5 aromatic rings. The zero-order chi connectivity index (χ0) is 32.4. The number of carbonyl (C=O) groups excluding carboxylic acids is 1. The highest BCUT2D eigenvalue weighted by atomic mass is 35.5. The molecule has 0 spiro atoms. The number of methoxy groups -OCH3 is 1. The van der Waals surface area contributed by atoms with Gasteiger partial charge in [-0.1, -0.05) is 53.0 Å². The van der Waals surface area contributed by atoms with Gasteiger partial charge in [0.1, 0.15) is 11.6 Å². The number of halogens is 2. The third-order valence-electron chi connectivity index (χ3n) is 7.03. The molecule has 45 heavy (non-hydrogen) atoms. The molecule has 0 unspecified atom stereocenters. The molecule has 228 valence electrons. The second-order valence-electron chi connectivity index (χ2n) is 10.1. The van der Waals surface area contributed by atoms with Crippen LogP contribution in [0.25, 0.3) is 17.2 Å². The van der Waals surface area contributed by atoms with Gasteiger partial charge in [0.05, 0.1) is 13.7 Å². The molecule has 11 nitrogen and oxygen atoms in total. The van der Waals surface area contributed by atoms with Crippen LogP contribution in [0.2, 0.25) is 10.0 Å². The number of nitriles is 1. The summed E-state index contributed by atoms with van der Waals surface area (Å²) in [5.74, 6) is -0.0924. The number of benzene rings is 3. The molecule has 2 heterocycles. The van der Waals surface area contributed by atoms with Crippen LogP contribution in [-0.2, 0) is 25.4 Å². The molecule has 0 aliphatic heterocycles. The van der Waals surface area contributed by atoms with Crippen LogP contribution < -0.4 is 26.0 Å². The van der Waals surface area contributed by atoms with E-state index in [4.69, 9.17) is 32.7 Å². The van der Waals surface area contributed by atoms with Crippen LogP contribution in [0.3, 0.4) is 0 Å². The molecule has 2 aromatic heterocycles. The van der Waals surface area contributed by atoms with Gasteiger partial charge in [-0.3, -0.25) is 23.3 Å². The highest BCUT2D eigenvalue weighted by molar-refractivity contribution is 6.35. The van der Waals surface area contributed by atoms with E-state index < -0.39 is 17.2 Å². The number of fused-ring (bicyclic) bond motifs is 1. The highest BCUT2D eigenvalue weighted by Gasteiger charge is 2.23. The fourth-order valence-corrected chi connectivity index (χ4v) is 5.05. The zero-order valence-electron chi connectivity index (χ0n) is 24.6. The van der Waals surface area contributed by atoms with Gasteiger partial charge in [-0.05, 0) is 60.5 Å². The molecule has 1 N–H and O–H groups in total. The van der Waals surface area contributed by atoms with E-state index >= 15 is 0 Å². The first-order chi connectivity index (χ1) is 21.5. The van der Waals surface area contributed by atoms with Crippen LogP contribution in [0.15, 0.2) is 75.8 Å². The molecule has 0 fully saturated rings. The van der Waals surface area contributed by atoms with E-state index in [2.05, 4.69) is 10.3 Å². The number of carbonyl (C=O) groups is 1. The fraction of sp³-hybridized carbons (Fsp3) is 0.156. The Morgan fingerprint density at radius 2 is 1.76 bits per heavy atom. The first kappa shape index (κ1) is 31.1. The number of rotatable bonds is 8. The minimum atomic E-state index is -0.569. The van der Waals surface area contributed by atoms with Gasteiger partial charge in [0.2, 0.25) is 0 Å². The maximum absolute atomic E-state index is 13.3. The van der Waals surface area contributed by atoms with Gasteiger partial charge < -0.3 is 14.8 Å². The minimum Gasteiger partial charge on any atom is -0.493 e. The summed E-state index contributed by atoms with van der Waals surface area (Å²) in [6, 6.07) is 18.9. The third kappa shape index (κ3) is 6.33. The number of hydrogen-bond acceptors (Lipinski definition) is 7. The van der Waals surface area contributed by atoms with Crippen LogP contribution in [-0.4, -0.2) is 31.7 Å². The quantitative estimate of drug-likeness (QED) is 0.175. The van der Waals surface area contributed by atoms with Crippen LogP contribution in [0.1, 0.15) is 16.7 Å². The van der Waals surface area contributed by atoms with Gasteiger partial charge >= 0.3 is 11.7 Å². The first-order valence-electron chi connectivity index (χ1n) is 13.5. The molecular weight excluding hydrogens is 619 g/mol. The molecule has 1 amide bonds. The first-order valence-corrected chi connectivity index (χ1v) is 14.2. The second kappa shape index (κ2) is 12.7. The number of hydrogen-bond donors (Lipinski definition) is 1. The van der Waals surface area contributed by atoms with Crippen LogP contribution in [0, 0.1) is 18.3 Å². The lowest BCUT2D eigenvalue weighted by Crippen LogP contribution is -2.37. The van der Waals surface area contributed by atoms with E-state index in [0.717, 1.165) is 10.1 Å². The molecule has 0 saturated carbocycles. The maximum Gasteiger partial charge on any atom is 0.332 e. The smallest absolute Gasteiger partial charge is 0.332 e. The lowest BCUT2D eigenvalue weighted by molar-refractivity contribution is -0.112. The Bertz CT molecular complexity index is 2160. The number of aromatic nitrogens is 4. The Morgan fingerprint density at radius 1 is 1.02 bits per heavy atom. The van der Waals surface area contributed by atoms with Gasteiger partial charge in [-0.25, -0.2) is 4.79 Å².